The van der Waals surface area contributed by atoms with Crippen LogP contribution < -0.4 is 10.1 Å². The second-order valence-electron chi connectivity index (χ2n) is 4.29. The lowest BCUT2D eigenvalue weighted by Gasteiger charge is -2.12. The molecule has 0 aromatic heterocycles. The van der Waals surface area contributed by atoms with Gasteiger partial charge in [-0.2, -0.15) is 0 Å². The number of aryl methyl sites for hydroxylation is 1. The number of amides is 2. The van der Waals surface area contributed by atoms with Crippen molar-refractivity contribution < 1.29 is 14.3 Å². The van der Waals surface area contributed by atoms with Crippen molar-refractivity contribution >= 4 is 27.7 Å². The van der Waals surface area contributed by atoms with Crippen LogP contribution in [0.1, 0.15) is 5.56 Å². The Morgan fingerprint density at radius 1 is 1.37 bits per heavy atom. The third kappa shape index (κ3) is 5.30. The minimum atomic E-state index is -0.331. The van der Waals surface area contributed by atoms with Gasteiger partial charge in [-0.05, 0) is 40.5 Å². The smallest absolute Gasteiger partial charge is 0.258 e. The largest absolute Gasteiger partial charge is 0.483 e. The highest BCUT2D eigenvalue weighted by molar-refractivity contribution is 9.10. The van der Waals surface area contributed by atoms with Crippen LogP contribution in [0.15, 0.2) is 22.7 Å². The van der Waals surface area contributed by atoms with Crippen molar-refractivity contribution in [3.05, 3.63) is 28.2 Å². The molecule has 19 heavy (non-hydrogen) atoms. The number of nitrogens with one attached hydrogen (secondary N) is 1. The Morgan fingerprint density at radius 2 is 2.05 bits per heavy atom. The third-order valence-corrected chi connectivity index (χ3v) is 3.00. The molecule has 0 aliphatic rings. The lowest BCUT2D eigenvalue weighted by molar-refractivity contribution is -0.131. The number of rotatable bonds is 5. The van der Waals surface area contributed by atoms with Crippen molar-refractivity contribution in [3.63, 3.8) is 0 Å². The Bertz CT molecular complexity index is 475. The van der Waals surface area contributed by atoms with E-state index in [9.17, 15) is 9.59 Å². The van der Waals surface area contributed by atoms with Crippen LogP contribution in [0.3, 0.4) is 0 Å². The van der Waals surface area contributed by atoms with E-state index in [0.717, 1.165) is 10.0 Å². The molecule has 0 spiro atoms. The van der Waals surface area contributed by atoms with Crippen LogP contribution in [-0.4, -0.2) is 44.0 Å². The van der Waals surface area contributed by atoms with E-state index in [1.165, 1.54) is 4.90 Å². The number of likely N-dealkylation sites (N-methyl/N-ethyl adjacent to an activating group) is 1. The molecule has 104 valence electrons. The average Bonchev–Trinajstić information content (AvgIpc) is 2.34. The molecule has 0 aliphatic heterocycles. The van der Waals surface area contributed by atoms with Crippen molar-refractivity contribution in [1.29, 1.82) is 0 Å². The van der Waals surface area contributed by atoms with E-state index in [1.54, 1.807) is 20.2 Å². The maximum Gasteiger partial charge on any atom is 0.258 e. The quantitative estimate of drug-likeness (QED) is 0.887. The van der Waals surface area contributed by atoms with E-state index in [4.69, 9.17) is 4.74 Å². The summed E-state index contributed by atoms with van der Waals surface area (Å²) in [5.41, 5.74) is 1.10. The first kappa shape index (κ1) is 15.5. The van der Waals surface area contributed by atoms with E-state index < -0.39 is 0 Å². The molecule has 1 rings (SSSR count). The number of halogens is 1. The maximum atomic E-state index is 11.5. The van der Waals surface area contributed by atoms with E-state index >= 15 is 0 Å². The lowest BCUT2D eigenvalue weighted by Crippen LogP contribution is -2.38. The van der Waals surface area contributed by atoms with Crippen LogP contribution in [0.2, 0.25) is 0 Å². The summed E-state index contributed by atoms with van der Waals surface area (Å²) in [6, 6.07) is 5.59. The second-order valence-corrected chi connectivity index (χ2v) is 5.14. The predicted octanol–water partition coefficient (Wildman–Crippen LogP) is 1.34. The first-order valence-corrected chi connectivity index (χ1v) is 6.55. The molecule has 1 N–H and O–H groups in total. The standard InChI is InChI=1S/C13H17BrN2O3/c1-9-4-5-11(10(14)6-9)19-8-12(17)15-7-13(18)16(2)3/h4-6H,7-8H2,1-3H3,(H,15,17). The minimum Gasteiger partial charge on any atom is -0.483 e. The third-order valence-electron chi connectivity index (χ3n) is 2.38. The summed E-state index contributed by atoms with van der Waals surface area (Å²) in [6.07, 6.45) is 0. The zero-order valence-electron chi connectivity index (χ0n) is 11.2. The van der Waals surface area contributed by atoms with Crippen molar-refractivity contribution in [2.75, 3.05) is 27.2 Å². The zero-order valence-corrected chi connectivity index (χ0v) is 12.8. The Hall–Kier alpha value is -1.56. The highest BCUT2D eigenvalue weighted by Crippen LogP contribution is 2.25. The number of carbonyl (C=O) groups is 2. The van der Waals surface area contributed by atoms with Crippen LogP contribution in [-0.2, 0) is 9.59 Å². The van der Waals surface area contributed by atoms with Gasteiger partial charge in [-0.3, -0.25) is 9.59 Å². The first-order valence-electron chi connectivity index (χ1n) is 5.76. The fraction of sp³-hybridized carbons (Fsp3) is 0.385. The Morgan fingerprint density at radius 3 is 2.63 bits per heavy atom. The van der Waals surface area contributed by atoms with Gasteiger partial charge in [0.25, 0.3) is 5.91 Å². The Labute approximate surface area is 121 Å². The molecule has 2 amide bonds. The molecule has 0 heterocycles. The highest BCUT2D eigenvalue weighted by atomic mass is 79.9. The number of hydrogen-bond donors (Lipinski definition) is 1. The fourth-order valence-corrected chi connectivity index (χ4v) is 1.86. The van der Waals surface area contributed by atoms with Crippen LogP contribution in [0.25, 0.3) is 0 Å². The average molecular weight is 329 g/mol. The molecule has 0 radical (unpaired) electrons. The summed E-state index contributed by atoms with van der Waals surface area (Å²) in [5.74, 6) is 0.104. The van der Waals surface area contributed by atoms with Crippen LogP contribution in [0.5, 0.6) is 5.75 Å². The van der Waals surface area contributed by atoms with Crippen molar-refractivity contribution in [3.8, 4) is 5.75 Å². The first-order chi connectivity index (χ1) is 8.90. The minimum absolute atomic E-state index is 0.0236. The van der Waals surface area contributed by atoms with Gasteiger partial charge in [-0.25, -0.2) is 0 Å². The van der Waals surface area contributed by atoms with Gasteiger partial charge in [-0.1, -0.05) is 6.07 Å². The molecule has 1 aromatic carbocycles. The molecule has 0 unspecified atom stereocenters. The molecule has 0 saturated heterocycles. The molecular weight excluding hydrogens is 312 g/mol. The van der Waals surface area contributed by atoms with Gasteiger partial charge in [0.15, 0.2) is 6.61 Å². The van der Waals surface area contributed by atoms with Gasteiger partial charge in [0.1, 0.15) is 5.75 Å². The Kier molecular flexibility index (Phi) is 5.82. The topological polar surface area (TPSA) is 58.6 Å². The van der Waals surface area contributed by atoms with Crippen LogP contribution in [0, 0.1) is 6.92 Å². The highest BCUT2D eigenvalue weighted by Gasteiger charge is 2.08. The molecule has 1 aromatic rings. The summed E-state index contributed by atoms with van der Waals surface area (Å²) in [4.78, 5) is 24.2. The van der Waals surface area contributed by atoms with E-state index in [1.807, 2.05) is 19.1 Å². The SMILES string of the molecule is Cc1ccc(OCC(=O)NCC(=O)N(C)C)c(Br)c1. The van der Waals surface area contributed by atoms with Crippen molar-refractivity contribution in [1.82, 2.24) is 10.2 Å². The number of nitrogens with zero attached hydrogens (tertiary/aromatic N) is 1. The van der Waals surface area contributed by atoms with Gasteiger partial charge < -0.3 is 15.0 Å². The number of ether oxygens (including phenoxy) is 1. The summed E-state index contributed by atoms with van der Waals surface area (Å²) in [6.45, 7) is 1.82. The van der Waals surface area contributed by atoms with Gasteiger partial charge in [0.05, 0.1) is 11.0 Å². The molecule has 6 heteroatoms. The lowest BCUT2D eigenvalue weighted by atomic mass is 10.2. The summed E-state index contributed by atoms with van der Waals surface area (Å²) >= 11 is 3.36. The van der Waals surface area contributed by atoms with Crippen LogP contribution in [0.4, 0.5) is 0 Å². The fourth-order valence-electron chi connectivity index (χ4n) is 1.25. The van der Waals surface area contributed by atoms with Crippen LogP contribution >= 0.6 is 15.9 Å². The molecule has 5 nitrogen and oxygen atoms in total. The molecule has 0 bridgehead atoms. The van der Waals surface area contributed by atoms with E-state index in [-0.39, 0.29) is 25.0 Å². The molecule has 0 aliphatic carbocycles. The van der Waals surface area contributed by atoms with Gasteiger partial charge >= 0.3 is 0 Å². The molecule has 0 atom stereocenters. The summed E-state index contributed by atoms with van der Waals surface area (Å²) < 4.78 is 6.16. The number of hydrogen-bond acceptors (Lipinski definition) is 3. The Balaban J connectivity index is 2.40. The molecular formula is C13H17BrN2O3. The second kappa shape index (κ2) is 7.13. The van der Waals surface area contributed by atoms with Gasteiger partial charge in [0.2, 0.25) is 5.91 Å². The molecule has 0 fully saturated rings. The zero-order chi connectivity index (χ0) is 14.4. The normalized spacial score (nSPS) is 9.89. The number of carbonyl (C=O) groups excluding carboxylic acids is 2. The predicted molar refractivity (Wildman–Crippen MR) is 76.1 cm³/mol. The van der Waals surface area contributed by atoms with E-state index in [2.05, 4.69) is 21.2 Å². The summed E-state index contributed by atoms with van der Waals surface area (Å²) in [7, 11) is 3.27. The number of benzene rings is 1. The maximum absolute atomic E-state index is 11.5. The van der Waals surface area contributed by atoms with Gasteiger partial charge in [0, 0.05) is 14.1 Å². The van der Waals surface area contributed by atoms with Crippen molar-refractivity contribution in [2.24, 2.45) is 0 Å². The summed E-state index contributed by atoms with van der Waals surface area (Å²) in [5, 5.41) is 2.49. The monoisotopic (exact) mass is 328 g/mol. The van der Waals surface area contributed by atoms with Crippen molar-refractivity contribution in [2.45, 2.75) is 6.92 Å². The van der Waals surface area contributed by atoms with Gasteiger partial charge in [-0.15, -0.1) is 0 Å². The van der Waals surface area contributed by atoms with E-state index in [0.29, 0.717) is 5.75 Å². The molecule has 0 saturated carbocycles.